The average molecular weight is 404 g/mol. The first kappa shape index (κ1) is 17.6. The van der Waals surface area contributed by atoms with Crippen molar-refractivity contribution in [3.05, 3.63) is 57.2 Å². The predicted molar refractivity (Wildman–Crippen MR) is 87.1 cm³/mol. The van der Waals surface area contributed by atoms with E-state index in [9.17, 15) is 18.4 Å². The molecule has 0 spiro atoms. The van der Waals surface area contributed by atoms with E-state index in [1.165, 1.54) is 0 Å². The first-order chi connectivity index (χ1) is 10.7. The Hall–Kier alpha value is -1.71. The number of hydrogen-bond acceptors (Lipinski definition) is 1. The van der Waals surface area contributed by atoms with E-state index >= 15 is 0 Å². The van der Waals surface area contributed by atoms with E-state index in [1.54, 1.807) is 31.2 Å². The Bertz CT molecular complexity index is 799. The van der Waals surface area contributed by atoms with Crippen molar-refractivity contribution in [2.75, 3.05) is 0 Å². The maximum Gasteiger partial charge on any atom is 0.432 e. The first-order valence-electron chi connectivity index (χ1n) is 6.46. The summed E-state index contributed by atoms with van der Waals surface area (Å²) in [5.74, 6) is 0. The molecule has 0 aliphatic carbocycles. The number of alkyl halides is 3. The summed E-state index contributed by atoms with van der Waals surface area (Å²) in [7, 11) is 0. The standard InChI is InChI=1S/C16H11BrClF3N2/c1-9(2)8-23-14(10-3-5-11(18)6-4-10)12(7-22)13(17)15(23)16(19,20)21/h3-6H,1,8H2,2H3. The lowest BCUT2D eigenvalue weighted by Crippen LogP contribution is -2.15. The molecule has 120 valence electrons. The van der Waals surface area contributed by atoms with E-state index in [2.05, 4.69) is 22.5 Å². The normalized spacial score (nSPS) is 11.3. The minimum absolute atomic E-state index is 0.0485. The number of allylic oxidation sites excluding steroid dienone is 1. The number of hydrogen-bond donors (Lipinski definition) is 0. The number of rotatable bonds is 3. The van der Waals surface area contributed by atoms with Crippen molar-refractivity contribution >= 4 is 27.5 Å². The molecule has 2 aromatic rings. The molecule has 0 N–H and O–H groups in total. The zero-order valence-electron chi connectivity index (χ0n) is 12.0. The van der Waals surface area contributed by atoms with E-state index in [4.69, 9.17) is 11.6 Å². The highest BCUT2D eigenvalue weighted by atomic mass is 79.9. The summed E-state index contributed by atoms with van der Waals surface area (Å²) >= 11 is 8.76. The molecular weight excluding hydrogens is 393 g/mol. The smallest absolute Gasteiger partial charge is 0.331 e. The molecule has 2 nitrogen and oxygen atoms in total. The van der Waals surface area contributed by atoms with Gasteiger partial charge in [-0.3, -0.25) is 0 Å². The summed E-state index contributed by atoms with van der Waals surface area (Å²) in [6, 6.07) is 8.15. The van der Waals surface area contributed by atoms with Crippen molar-refractivity contribution < 1.29 is 13.2 Å². The number of halogens is 5. The summed E-state index contributed by atoms with van der Waals surface area (Å²) in [6.45, 7) is 5.26. The largest absolute Gasteiger partial charge is 0.432 e. The van der Waals surface area contributed by atoms with Crippen LogP contribution in [0.1, 0.15) is 18.2 Å². The fraction of sp³-hybridized carbons (Fsp3) is 0.188. The molecular formula is C16H11BrClF3N2. The Morgan fingerprint density at radius 2 is 1.91 bits per heavy atom. The fourth-order valence-electron chi connectivity index (χ4n) is 2.30. The minimum Gasteiger partial charge on any atom is -0.331 e. The SMILES string of the molecule is C=C(C)Cn1c(-c2ccc(Cl)cc2)c(C#N)c(Br)c1C(F)(F)F. The molecule has 0 fully saturated rings. The Labute approximate surface area is 144 Å². The molecule has 0 radical (unpaired) electrons. The Morgan fingerprint density at radius 1 is 1.35 bits per heavy atom. The zero-order valence-corrected chi connectivity index (χ0v) is 14.3. The van der Waals surface area contributed by atoms with Crippen LogP contribution in [0.3, 0.4) is 0 Å². The van der Waals surface area contributed by atoms with Gasteiger partial charge in [0, 0.05) is 11.6 Å². The van der Waals surface area contributed by atoms with Gasteiger partial charge in [0.2, 0.25) is 0 Å². The van der Waals surface area contributed by atoms with Crippen LogP contribution in [-0.4, -0.2) is 4.57 Å². The second-order valence-electron chi connectivity index (χ2n) is 5.05. The monoisotopic (exact) mass is 402 g/mol. The van der Waals surface area contributed by atoms with Crippen molar-refractivity contribution in [3.63, 3.8) is 0 Å². The zero-order chi connectivity index (χ0) is 17.4. The van der Waals surface area contributed by atoms with Gasteiger partial charge >= 0.3 is 6.18 Å². The number of benzene rings is 1. The number of aromatic nitrogens is 1. The molecule has 0 unspecified atom stereocenters. The Morgan fingerprint density at radius 3 is 2.35 bits per heavy atom. The van der Waals surface area contributed by atoms with Crippen LogP contribution < -0.4 is 0 Å². The van der Waals surface area contributed by atoms with Gasteiger partial charge in [0.15, 0.2) is 0 Å². The van der Waals surface area contributed by atoms with Gasteiger partial charge in [0.25, 0.3) is 0 Å². The number of nitriles is 1. The maximum atomic E-state index is 13.5. The molecule has 0 bridgehead atoms. The molecule has 1 aromatic heterocycles. The van der Waals surface area contributed by atoms with Gasteiger partial charge in [-0.1, -0.05) is 35.9 Å². The third-order valence-electron chi connectivity index (χ3n) is 3.13. The van der Waals surface area contributed by atoms with Gasteiger partial charge in [0.1, 0.15) is 11.8 Å². The third-order valence-corrected chi connectivity index (χ3v) is 4.15. The average Bonchev–Trinajstić information content (AvgIpc) is 2.70. The summed E-state index contributed by atoms with van der Waals surface area (Å²) in [4.78, 5) is 0. The van der Waals surface area contributed by atoms with Crippen LogP contribution >= 0.6 is 27.5 Å². The summed E-state index contributed by atoms with van der Waals surface area (Å²) < 4.78 is 41.2. The lowest BCUT2D eigenvalue weighted by Gasteiger charge is -2.16. The molecule has 0 atom stereocenters. The Balaban J connectivity index is 2.86. The van der Waals surface area contributed by atoms with Crippen molar-refractivity contribution in [2.45, 2.75) is 19.6 Å². The highest BCUT2D eigenvalue weighted by Crippen LogP contribution is 2.43. The van der Waals surface area contributed by atoms with E-state index in [-0.39, 0.29) is 22.3 Å². The molecule has 1 aromatic carbocycles. The molecule has 0 amide bonds. The van der Waals surface area contributed by atoms with Crippen LogP contribution in [0.15, 0.2) is 40.9 Å². The third kappa shape index (κ3) is 3.46. The van der Waals surface area contributed by atoms with Gasteiger partial charge in [0.05, 0.1) is 15.7 Å². The summed E-state index contributed by atoms with van der Waals surface area (Å²) in [6.07, 6.45) is -4.61. The van der Waals surface area contributed by atoms with Crippen molar-refractivity contribution in [1.82, 2.24) is 4.57 Å². The van der Waals surface area contributed by atoms with Crippen molar-refractivity contribution in [3.8, 4) is 17.3 Å². The van der Waals surface area contributed by atoms with Crippen LogP contribution in [-0.2, 0) is 12.7 Å². The number of nitrogens with zero attached hydrogens (tertiary/aromatic N) is 2. The topological polar surface area (TPSA) is 28.7 Å². The molecule has 0 aliphatic rings. The highest BCUT2D eigenvalue weighted by Gasteiger charge is 2.40. The van der Waals surface area contributed by atoms with Crippen LogP contribution in [0.25, 0.3) is 11.3 Å². The second-order valence-corrected chi connectivity index (χ2v) is 6.28. The summed E-state index contributed by atoms with van der Waals surface area (Å²) in [5.41, 5.74) is 0.232. The van der Waals surface area contributed by atoms with E-state index in [0.717, 1.165) is 4.57 Å². The van der Waals surface area contributed by atoms with Gasteiger partial charge in [-0.15, -0.1) is 0 Å². The van der Waals surface area contributed by atoms with Gasteiger partial charge < -0.3 is 4.57 Å². The lowest BCUT2D eigenvalue weighted by atomic mass is 10.1. The van der Waals surface area contributed by atoms with E-state index in [0.29, 0.717) is 16.2 Å². The molecule has 0 saturated carbocycles. The lowest BCUT2D eigenvalue weighted by molar-refractivity contribution is -0.143. The predicted octanol–water partition coefficient (Wildman–Crippen LogP) is 6.04. The fourth-order valence-corrected chi connectivity index (χ4v) is 3.14. The van der Waals surface area contributed by atoms with Crippen LogP contribution in [0, 0.1) is 11.3 Å². The van der Waals surface area contributed by atoms with Crippen molar-refractivity contribution in [2.24, 2.45) is 0 Å². The Kier molecular flexibility index (Phi) is 4.92. The van der Waals surface area contributed by atoms with Crippen LogP contribution in [0.2, 0.25) is 5.02 Å². The van der Waals surface area contributed by atoms with Crippen LogP contribution in [0.5, 0.6) is 0 Å². The molecule has 23 heavy (non-hydrogen) atoms. The molecule has 0 aliphatic heterocycles. The van der Waals surface area contributed by atoms with Crippen molar-refractivity contribution in [1.29, 1.82) is 5.26 Å². The van der Waals surface area contributed by atoms with E-state index < -0.39 is 11.9 Å². The molecule has 1 heterocycles. The minimum atomic E-state index is -4.61. The van der Waals surface area contributed by atoms with Gasteiger partial charge in [-0.2, -0.15) is 18.4 Å². The molecule has 0 saturated heterocycles. The quantitative estimate of drug-likeness (QED) is 0.575. The first-order valence-corrected chi connectivity index (χ1v) is 7.63. The van der Waals surface area contributed by atoms with Gasteiger partial charge in [-0.05, 0) is 40.5 Å². The summed E-state index contributed by atoms with van der Waals surface area (Å²) in [5, 5.41) is 9.80. The van der Waals surface area contributed by atoms with Crippen LogP contribution in [0.4, 0.5) is 13.2 Å². The van der Waals surface area contributed by atoms with Gasteiger partial charge in [-0.25, -0.2) is 0 Å². The maximum absolute atomic E-state index is 13.5. The highest BCUT2D eigenvalue weighted by molar-refractivity contribution is 9.10. The molecule has 7 heteroatoms. The second kappa shape index (κ2) is 6.42. The van der Waals surface area contributed by atoms with E-state index in [1.807, 2.05) is 6.07 Å². The molecule has 2 rings (SSSR count).